The Bertz CT molecular complexity index is 1670. The molecule has 34 heavy (non-hydrogen) atoms. The fourth-order valence-electron chi connectivity index (χ4n) is 3.57. The van der Waals surface area contributed by atoms with Crippen LogP contribution < -0.4 is 11.0 Å². The van der Waals surface area contributed by atoms with Crippen LogP contribution in [0.3, 0.4) is 0 Å². The highest BCUT2D eigenvalue weighted by atomic mass is 35.5. The smallest absolute Gasteiger partial charge is 0.323 e. The minimum atomic E-state index is -0.558. The van der Waals surface area contributed by atoms with E-state index in [1.807, 2.05) is 6.07 Å². The summed E-state index contributed by atoms with van der Waals surface area (Å²) in [6, 6.07) is 18.4. The summed E-state index contributed by atoms with van der Waals surface area (Å²) in [7, 11) is 0. The summed E-state index contributed by atoms with van der Waals surface area (Å²) >= 11 is 12.2. The summed E-state index contributed by atoms with van der Waals surface area (Å²) in [5.41, 5.74) is 1.69. The number of hydrogen-bond donors (Lipinski definition) is 4. The zero-order valence-electron chi connectivity index (χ0n) is 17.3. The number of H-pyrrole nitrogens is 2. The van der Waals surface area contributed by atoms with Gasteiger partial charge in [0.25, 0.3) is 5.91 Å². The van der Waals surface area contributed by atoms with Crippen molar-refractivity contribution >= 4 is 68.0 Å². The SMILES string of the molecule is O=C(Nc1ccc2[nH]c(=O)[nH]c2c1)c1cc2ccccc2c(N=Nc2cc(Cl)ccc2Cl)c1O. The van der Waals surface area contributed by atoms with Crippen molar-refractivity contribution in [2.24, 2.45) is 10.2 Å². The third-order valence-corrected chi connectivity index (χ3v) is 5.73. The van der Waals surface area contributed by atoms with E-state index in [1.54, 1.807) is 60.7 Å². The molecule has 1 heterocycles. The minimum absolute atomic E-state index is 0.00694. The number of carbonyl (C=O) groups excluding carboxylic acids is 1. The monoisotopic (exact) mass is 491 g/mol. The number of phenolic OH excluding ortho intramolecular Hbond substituents is 1. The predicted octanol–water partition coefficient (Wildman–Crippen LogP) is 6.69. The maximum Gasteiger partial charge on any atom is 0.323 e. The first-order valence-corrected chi connectivity index (χ1v) is 10.8. The Balaban J connectivity index is 1.56. The predicted molar refractivity (Wildman–Crippen MR) is 133 cm³/mol. The van der Waals surface area contributed by atoms with Crippen LogP contribution >= 0.6 is 23.2 Å². The number of fused-ring (bicyclic) bond motifs is 2. The third kappa shape index (κ3) is 4.12. The van der Waals surface area contributed by atoms with Crippen LogP contribution in [-0.2, 0) is 0 Å². The molecule has 5 rings (SSSR count). The van der Waals surface area contributed by atoms with Gasteiger partial charge < -0.3 is 20.4 Å². The summed E-state index contributed by atoms with van der Waals surface area (Å²) in [6.45, 7) is 0. The van der Waals surface area contributed by atoms with Crippen LogP contribution in [0.15, 0.2) is 81.8 Å². The number of imidazole rings is 1. The fourth-order valence-corrected chi connectivity index (χ4v) is 3.89. The Hall–Kier alpha value is -4.14. The van der Waals surface area contributed by atoms with Gasteiger partial charge in [-0.15, -0.1) is 10.2 Å². The highest BCUT2D eigenvalue weighted by molar-refractivity contribution is 6.35. The van der Waals surface area contributed by atoms with Crippen molar-refractivity contribution < 1.29 is 9.90 Å². The number of azo groups is 1. The summed E-state index contributed by atoms with van der Waals surface area (Å²) in [5.74, 6) is -0.896. The van der Waals surface area contributed by atoms with Crippen LogP contribution in [-0.4, -0.2) is 21.0 Å². The first-order valence-electron chi connectivity index (χ1n) is 10.0. The third-order valence-electron chi connectivity index (χ3n) is 5.18. The lowest BCUT2D eigenvalue weighted by Gasteiger charge is -2.11. The number of benzene rings is 4. The van der Waals surface area contributed by atoms with E-state index in [2.05, 4.69) is 25.5 Å². The number of halogens is 2. The molecule has 0 atom stereocenters. The number of rotatable bonds is 4. The van der Waals surface area contributed by atoms with Gasteiger partial charge in [-0.1, -0.05) is 47.5 Å². The van der Waals surface area contributed by atoms with E-state index in [0.29, 0.717) is 43.2 Å². The molecule has 0 spiro atoms. The largest absolute Gasteiger partial charge is 0.505 e. The molecule has 1 amide bonds. The molecule has 0 aliphatic heterocycles. The topological polar surface area (TPSA) is 123 Å². The molecular formula is C24H15Cl2N5O3. The minimum Gasteiger partial charge on any atom is -0.505 e. The Kier molecular flexibility index (Phi) is 5.53. The number of anilines is 1. The lowest BCUT2D eigenvalue weighted by Crippen LogP contribution is -2.12. The van der Waals surface area contributed by atoms with Crippen molar-refractivity contribution in [1.29, 1.82) is 0 Å². The van der Waals surface area contributed by atoms with E-state index in [9.17, 15) is 14.7 Å². The standard InChI is InChI=1S/C24H15Cl2N5O3/c25-13-5-7-17(26)19(10-13)30-31-21-15-4-2-1-3-12(15)9-16(22(21)32)23(33)27-14-6-8-18-20(11-14)29-24(34)28-18/h1-11,32H,(H,27,33)(H2,28,29,34). The van der Waals surface area contributed by atoms with Gasteiger partial charge >= 0.3 is 5.69 Å². The van der Waals surface area contributed by atoms with Gasteiger partial charge in [-0.3, -0.25) is 4.79 Å². The number of aromatic nitrogens is 2. The van der Waals surface area contributed by atoms with Gasteiger partial charge in [0.05, 0.1) is 21.6 Å². The Labute approximate surface area is 201 Å². The van der Waals surface area contributed by atoms with Crippen LogP contribution in [0, 0.1) is 0 Å². The molecule has 10 heteroatoms. The second-order valence-electron chi connectivity index (χ2n) is 7.43. The quantitative estimate of drug-likeness (QED) is 0.209. The van der Waals surface area contributed by atoms with Gasteiger partial charge in [-0.05, 0) is 47.9 Å². The molecule has 8 nitrogen and oxygen atoms in total. The molecule has 4 aromatic carbocycles. The molecule has 0 bridgehead atoms. The van der Waals surface area contributed by atoms with Crippen molar-refractivity contribution in [3.8, 4) is 5.75 Å². The summed E-state index contributed by atoms with van der Waals surface area (Å²) in [6.07, 6.45) is 0. The van der Waals surface area contributed by atoms with Gasteiger partial charge in [0, 0.05) is 16.1 Å². The molecule has 0 unspecified atom stereocenters. The maximum absolute atomic E-state index is 13.1. The van der Waals surface area contributed by atoms with Crippen LogP contribution in [0.5, 0.6) is 5.75 Å². The summed E-state index contributed by atoms with van der Waals surface area (Å²) in [5, 5.41) is 24.1. The Morgan fingerprint density at radius 2 is 1.71 bits per heavy atom. The van der Waals surface area contributed by atoms with Crippen molar-refractivity contribution in [3.05, 3.63) is 92.8 Å². The van der Waals surface area contributed by atoms with Crippen molar-refractivity contribution in [3.63, 3.8) is 0 Å². The molecule has 4 N–H and O–H groups in total. The lowest BCUT2D eigenvalue weighted by atomic mass is 10.0. The van der Waals surface area contributed by atoms with E-state index < -0.39 is 5.91 Å². The Morgan fingerprint density at radius 1 is 0.912 bits per heavy atom. The molecule has 0 saturated heterocycles. The average Bonchev–Trinajstić information content (AvgIpc) is 3.19. The second-order valence-corrected chi connectivity index (χ2v) is 8.28. The molecule has 0 fully saturated rings. The van der Waals surface area contributed by atoms with Gasteiger partial charge in [0.2, 0.25) is 0 Å². The number of hydrogen-bond acceptors (Lipinski definition) is 5. The van der Waals surface area contributed by atoms with Crippen LogP contribution in [0.1, 0.15) is 10.4 Å². The number of aromatic amines is 2. The number of phenols is 1. The van der Waals surface area contributed by atoms with E-state index in [0.717, 1.165) is 0 Å². The second kappa shape index (κ2) is 8.66. The molecule has 0 saturated carbocycles. The highest BCUT2D eigenvalue weighted by Crippen LogP contribution is 2.40. The van der Waals surface area contributed by atoms with Gasteiger partial charge in [-0.2, -0.15) is 0 Å². The average molecular weight is 492 g/mol. The number of amides is 1. The van der Waals surface area contributed by atoms with E-state index in [-0.39, 0.29) is 22.7 Å². The normalized spacial score (nSPS) is 11.5. The van der Waals surface area contributed by atoms with E-state index in [4.69, 9.17) is 23.2 Å². The Morgan fingerprint density at radius 3 is 2.56 bits per heavy atom. The molecule has 0 radical (unpaired) electrons. The maximum atomic E-state index is 13.1. The van der Waals surface area contributed by atoms with Crippen LogP contribution in [0.4, 0.5) is 17.1 Å². The molecule has 0 aliphatic rings. The summed E-state index contributed by atoms with van der Waals surface area (Å²) in [4.78, 5) is 29.8. The van der Waals surface area contributed by atoms with Crippen molar-refractivity contribution in [2.45, 2.75) is 0 Å². The number of carbonyl (C=O) groups is 1. The summed E-state index contributed by atoms with van der Waals surface area (Å²) < 4.78 is 0. The zero-order chi connectivity index (χ0) is 23.8. The fraction of sp³-hybridized carbons (Fsp3) is 0. The van der Waals surface area contributed by atoms with Gasteiger partial charge in [-0.25, -0.2) is 4.79 Å². The molecule has 5 aromatic rings. The molecule has 0 aliphatic carbocycles. The number of aromatic hydroxyl groups is 1. The molecule has 168 valence electrons. The first-order chi connectivity index (χ1) is 16.4. The van der Waals surface area contributed by atoms with Crippen LogP contribution in [0.2, 0.25) is 10.0 Å². The van der Waals surface area contributed by atoms with E-state index >= 15 is 0 Å². The van der Waals surface area contributed by atoms with E-state index in [1.165, 1.54) is 0 Å². The van der Waals surface area contributed by atoms with Crippen molar-refractivity contribution in [2.75, 3.05) is 5.32 Å². The van der Waals surface area contributed by atoms with Crippen LogP contribution in [0.25, 0.3) is 21.8 Å². The first kappa shape index (κ1) is 21.7. The number of nitrogens with zero attached hydrogens (tertiary/aromatic N) is 2. The van der Waals surface area contributed by atoms with Gasteiger partial charge in [0.15, 0.2) is 5.75 Å². The van der Waals surface area contributed by atoms with Crippen molar-refractivity contribution in [1.82, 2.24) is 9.97 Å². The molecular weight excluding hydrogens is 477 g/mol. The van der Waals surface area contributed by atoms with Gasteiger partial charge in [0.1, 0.15) is 11.4 Å². The number of nitrogens with one attached hydrogen (secondary N) is 3. The molecule has 1 aromatic heterocycles. The highest BCUT2D eigenvalue weighted by Gasteiger charge is 2.19. The lowest BCUT2D eigenvalue weighted by molar-refractivity contribution is 0.102. The zero-order valence-corrected chi connectivity index (χ0v) is 18.8.